The minimum absolute atomic E-state index is 0.771. The Morgan fingerprint density at radius 2 is 2.26 bits per heavy atom. The smallest absolute Gasteiger partial charge is 0.0401 e. The second kappa shape index (κ2) is 5.38. The molecule has 102 valence electrons. The first kappa shape index (κ1) is 12.7. The third kappa shape index (κ3) is 3.19. The Kier molecular flexibility index (Phi) is 3.61. The van der Waals surface area contributed by atoms with Crippen molar-refractivity contribution in [1.82, 2.24) is 5.32 Å². The average molecular weight is 256 g/mol. The van der Waals surface area contributed by atoms with E-state index in [1.54, 1.807) is 0 Å². The van der Waals surface area contributed by atoms with Crippen LogP contribution in [0.15, 0.2) is 30.4 Å². The molecule has 1 aromatic rings. The van der Waals surface area contributed by atoms with E-state index in [0.29, 0.717) is 0 Å². The first-order chi connectivity index (χ1) is 9.22. The van der Waals surface area contributed by atoms with E-state index in [1.807, 2.05) is 0 Å². The molecule has 2 heteroatoms. The summed E-state index contributed by atoms with van der Waals surface area (Å²) < 4.78 is 0. The van der Waals surface area contributed by atoms with Gasteiger partial charge in [0.05, 0.1) is 0 Å². The molecule has 1 heterocycles. The Morgan fingerprint density at radius 3 is 3.05 bits per heavy atom. The molecule has 0 radical (unpaired) electrons. The number of nitrogens with zero attached hydrogens (tertiary/aromatic N) is 1. The van der Waals surface area contributed by atoms with Crippen LogP contribution in [0.5, 0.6) is 0 Å². The zero-order valence-corrected chi connectivity index (χ0v) is 11.9. The van der Waals surface area contributed by atoms with E-state index in [-0.39, 0.29) is 0 Å². The van der Waals surface area contributed by atoms with Gasteiger partial charge in [-0.1, -0.05) is 24.3 Å². The van der Waals surface area contributed by atoms with E-state index in [2.05, 4.69) is 41.9 Å². The molecule has 19 heavy (non-hydrogen) atoms. The van der Waals surface area contributed by atoms with Crippen LogP contribution in [0.2, 0.25) is 0 Å². The summed E-state index contributed by atoms with van der Waals surface area (Å²) in [5.74, 6) is 0. The van der Waals surface area contributed by atoms with Gasteiger partial charge in [0.2, 0.25) is 0 Å². The van der Waals surface area contributed by atoms with E-state index >= 15 is 0 Å². The molecule has 1 saturated carbocycles. The maximum absolute atomic E-state index is 4.23. The van der Waals surface area contributed by atoms with Crippen LogP contribution in [0.4, 0.5) is 5.69 Å². The van der Waals surface area contributed by atoms with Crippen LogP contribution >= 0.6 is 0 Å². The summed E-state index contributed by atoms with van der Waals surface area (Å²) in [6.07, 6.45) is 5.18. The Hall–Kier alpha value is -1.28. The number of rotatable bonds is 5. The van der Waals surface area contributed by atoms with Gasteiger partial charge in [-0.3, -0.25) is 0 Å². The van der Waals surface area contributed by atoms with E-state index in [4.69, 9.17) is 0 Å². The molecular weight excluding hydrogens is 232 g/mol. The van der Waals surface area contributed by atoms with Crippen molar-refractivity contribution in [1.29, 1.82) is 0 Å². The van der Waals surface area contributed by atoms with Crippen LogP contribution < -0.4 is 10.2 Å². The highest BCUT2D eigenvalue weighted by atomic mass is 15.1. The maximum atomic E-state index is 4.23. The number of nitrogens with one attached hydrogen (secondary N) is 1. The minimum atomic E-state index is 0.771. The highest BCUT2D eigenvalue weighted by Gasteiger charge is 2.21. The van der Waals surface area contributed by atoms with Crippen LogP contribution in [0, 0.1) is 6.92 Å². The lowest BCUT2D eigenvalue weighted by Crippen LogP contribution is -2.33. The summed E-state index contributed by atoms with van der Waals surface area (Å²) in [6.45, 7) is 9.55. The zero-order valence-electron chi connectivity index (χ0n) is 11.9. The monoisotopic (exact) mass is 256 g/mol. The SMILES string of the molecule is C=C(CNC1CC1)CN1CCCc2cc(C)ccc21. The van der Waals surface area contributed by atoms with E-state index in [9.17, 15) is 0 Å². The fourth-order valence-corrected chi connectivity index (χ4v) is 2.87. The lowest BCUT2D eigenvalue weighted by molar-refractivity contribution is 0.682. The summed E-state index contributed by atoms with van der Waals surface area (Å²) in [4.78, 5) is 2.50. The first-order valence-electron chi connectivity index (χ1n) is 7.47. The molecule has 0 aromatic heterocycles. The summed E-state index contributed by atoms with van der Waals surface area (Å²) >= 11 is 0. The predicted octanol–water partition coefficient (Wildman–Crippen LogP) is 3.06. The Bertz CT molecular complexity index is 474. The Morgan fingerprint density at radius 1 is 1.42 bits per heavy atom. The maximum Gasteiger partial charge on any atom is 0.0401 e. The molecule has 1 aliphatic carbocycles. The van der Waals surface area contributed by atoms with Crippen molar-refractivity contribution in [2.45, 2.75) is 38.6 Å². The van der Waals surface area contributed by atoms with Crippen molar-refractivity contribution in [3.63, 3.8) is 0 Å². The van der Waals surface area contributed by atoms with Gasteiger partial charge in [-0.05, 0) is 49.8 Å². The number of benzene rings is 1. The first-order valence-corrected chi connectivity index (χ1v) is 7.47. The van der Waals surface area contributed by atoms with Gasteiger partial charge in [0, 0.05) is 31.4 Å². The average Bonchev–Trinajstić information content (AvgIpc) is 3.20. The van der Waals surface area contributed by atoms with Crippen LogP contribution in [0.3, 0.4) is 0 Å². The fraction of sp³-hybridized carbons (Fsp3) is 0.529. The molecule has 0 atom stereocenters. The van der Waals surface area contributed by atoms with Crippen LogP contribution in [-0.4, -0.2) is 25.7 Å². The van der Waals surface area contributed by atoms with Crippen molar-refractivity contribution in [2.24, 2.45) is 0 Å². The van der Waals surface area contributed by atoms with Gasteiger partial charge >= 0.3 is 0 Å². The van der Waals surface area contributed by atoms with Gasteiger partial charge < -0.3 is 10.2 Å². The van der Waals surface area contributed by atoms with Crippen molar-refractivity contribution in [2.75, 3.05) is 24.5 Å². The van der Waals surface area contributed by atoms with Crippen molar-refractivity contribution in [3.8, 4) is 0 Å². The molecule has 0 amide bonds. The highest BCUT2D eigenvalue weighted by molar-refractivity contribution is 5.57. The highest BCUT2D eigenvalue weighted by Crippen LogP contribution is 2.28. The van der Waals surface area contributed by atoms with Gasteiger partial charge in [-0.2, -0.15) is 0 Å². The molecule has 1 fully saturated rings. The standard InChI is InChI=1S/C17H24N2/c1-13-5-8-17-15(10-13)4-3-9-19(17)12-14(2)11-18-16-6-7-16/h5,8,10,16,18H,2-4,6-7,9,11-12H2,1H3. The molecule has 0 spiro atoms. The quantitative estimate of drug-likeness (QED) is 0.815. The largest absolute Gasteiger partial charge is 0.367 e. The number of aryl methyl sites for hydroxylation is 2. The van der Waals surface area contributed by atoms with Crippen LogP contribution in [-0.2, 0) is 6.42 Å². The molecule has 2 nitrogen and oxygen atoms in total. The molecule has 2 aliphatic rings. The van der Waals surface area contributed by atoms with E-state index in [1.165, 1.54) is 54.6 Å². The van der Waals surface area contributed by atoms with Gasteiger partial charge in [0.1, 0.15) is 0 Å². The Balaban J connectivity index is 1.63. The summed E-state index contributed by atoms with van der Waals surface area (Å²) in [6, 6.07) is 7.62. The summed E-state index contributed by atoms with van der Waals surface area (Å²) in [5.41, 5.74) is 5.61. The van der Waals surface area contributed by atoms with Crippen LogP contribution in [0.25, 0.3) is 0 Å². The molecule has 3 rings (SSSR count). The predicted molar refractivity (Wildman–Crippen MR) is 81.9 cm³/mol. The number of anilines is 1. The van der Waals surface area contributed by atoms with Crippen molar-refractivity contribution < 1.29 is 0 Å². The molecule has 1 aliphatic heterocycles. The zero-order chi connectivity index (χ0) is 13.2. The van der Waals surface area contributed by atoms with Gasteiger partial charge in [-0.15, -0.1) is 0 Å². The van der Waals surface area contributed by atoms with E-state index < -0.39 is 0 Å². The van der Waals surface area contributed by atoms with Crippen molar-refractivity contribution >= 4 is 5.69 Å². The molecule has 1 aromatic carbocycles. The third-order valence-electron chi connectivity index (χ3n) is 4.08. The topological polar surface area (TPSA) is 15.3 Å². The lowest BCUT2D eigenvalue weighted by Gasteiger charge is -2.32. The number of hydrogen-bond acceptors (Lipinski definition) is 2. The Labute approximate surface area is 116 Å². The normalized spacial score (nSPS) is 18.3. The molecule has 0 unspecified atom stereocenters. The minimum Gasteiger partial charge on any atom is -0.367 e. The second-order valence-electron chi connectivity index (χ2n) is 6.06. The van der Waals surface area contributed by atoms with E-state index in [0.717, 1.165) is 19.1 Å². The number of fused-ring (bicyclic) bond motifs is 1. The van der Waals surface area contributed by atoms with Gasteiger partial charge in [0.25, 0.3) is 0 Å². The van der Waals surface area contributed by atoms with Gasteiger partial charge in [-0.25, -0.2) is 0 Å². The molecule has 0 saturated heterocycles. The lowest BCUT2D eigenvalue weighted by atomic mass is 9.99. The third-order valence-corrected chi connectivity index (χ3v) is 4.08. The molecular formula is C17H24N2. The number of hydrogen-bond donors (Lipinski definition) is 1. The summed E-state index contributed by atoms with van der Waals surface area (Å²) in [7, 11) is 0. The molecule has 1 N–H and O–H groups in total. The summed E-state index contributed by atoms with van der Waals surface area (Å²) in [5, 5.41) is 3.55. The van der Waals surface area contributed by atoms with Crippen LogP contribution in [0.1, 0.15) is 30.4 Å². The molecule has 0 bridgehead atoms. The second-order valence-corrected chi connectivity index (χ2v) is 6.06. The van der Waals surface area contributed by atoms with Gasteiger partial charge in [0.15, 0.2) is 0 Å². The fourth-order valence-electron chi connectivity index (χ4n) is 2.87. The van der Waals surface area contributed by atoms with Crippen molar-refractivity contribution in [3.05, 3.63) is 41.5 Å².